The third kappa shape index (κ3) is 1.42. The first-order chi connectivity index (χ1) is 5.40. The predicted octanol–water partition coefficient (Wildman–Crippen LogP) is 0.853. The van der Waals surface area contributed by atoms with Crippen LogP contribution in [0.3, 0.4) is 0 Å². The molecule has 0 bridgehead atoms. The lowest BCUT2D eigenvalue weighted by Crippen LogP contribution is -2.34. The summed E-state index contributed by atoms with van der Waals surface area (Å²) in [6, 6.07) is 0.820. The van der Waals surface area contributed by atoms with Crippen LogP contribution in [0.25, 0.3) is 0 Å². The highest BCUT2D eigenvalue weighted by Gasteiger charge is 2.32. The lowest BCUT2D eigenvalue weighted by Gasteiger charge is -2.28. The van der Waals surface area contributed by atoms with Crippen LogP contribution in [0.5, 0.6) is 0 Å². The van der Waals surface area contributed by atoms with E-state index in [0.29, 0.717) is 12.5 Å². The standard InChI is InChI=1S/C9H17NO/c11-7-8-5-9-3-1-2-4-10(9)6-8/h8-9,11H,1-7H2/t8-,9+/m1/s1. The van der Waals surface area contributed by atoms with Crippen LogP contribution >= 0.6 is 0 Å². The molecule has 2 rings (SSSR count). The monoisotopic (exact) mass is 155 g/mol. The number of piperidine rings is 1. The van der Waals surface area contributed by atoms with Gasteiger partial charge in [0.15, 0.2) is 0 Å². The van der Waals surface area contributed by atoms with Crippen molar-refractivity contribution in [3.05, 3.63) is 0 Å². The van der Waals surface area contributed by atoms with Crippen molar-refractivity contribution in [2.24, 2.45) is 5.92 Å². The normalized spacial score (nSPS) is 39.0. The fourth-order valence-electron chi connectivity index (χ4n) is 2.49. The van der Waals surface area contributed by atoms with Crippen molar-refractivity contribution >= 4 is 0 Å². The Morgan fingerprint density at radius 1 is 1.36 bits per heavy atom. The summed E-state index contributed by atoms with van der Waals surface area (Å²) in [4.78, 5) is 2.56. The number of nitrogens with zero attached hydrogens (tertiary/aromatic N) is 1. The lowest BCUT2D eigenvalue weighted by molar-refractivity contribution is 0.189. The second kappa shape index (κ2) is 3.11. The van der Waals surface area contributed by atoms with E-state index in [2.05, 4.69) is 4.90 Å². The Labute approximate surface area is 68.2 Å². The molecule has 0 saturated carbocycles. The van der Waals surface area contributed by atoms with Gasteiger partial charge in [0, 0.05) is 19.2 Å². The second-order valence-corrected chi connectivity index (χ2v) is 3.93. The number of aliphatic hydroxyl groups is 1. The predicted molar refractivity (Wildman–Crippen MR) is 44.4 cm³/mol. The topological polar surface area (TPSA) is 23.5 Å². The van der Waals surface area contributed by atoms with Gasteiger partial charge < -0.3 is 10.0 Å². The van der Waals surface area contributed by atoms with Crippen molar-refractivity contribution in [1.29, 1.82) is 0 Å². The molecule has 11 heavy (non-hydrogen) atoms. The smallest absolute Gasteiger partial charge is 0.0472 e. The molecule has 1 N–H and O–H groups in total. The van der Waals surface area contributed by atoms with Crippen molar-refractivity contribution in [1.82, 2.24) is 4.90 Å². The number of aliphatic hydroxyl groups excluding tert-OH is 1. The molecule has 2 aliphatic heterocycles. The summed E-state index contributed by atoms with van der Waals surface area (Å²) in [6.45, 7) is 2.83. The maximum atomic E-state index is 8.99. The van der Waals surface area contributed by atoms with Gasteiger partial charge in [-0.2, -0.15) is 0 Å². The molecule has 2 heteroatoms. The maximum absolute atomic E-state index is 8.99. The molecule has 0 aliphatic carbocycles. The minimum atomic E-state index is 0.396. The SMILES string of the molecule is OC[C@@H]1C[C@@H]2CCCCN2C1. The third-order valence-electron chi connectivity index (χ3n) is 3.11. The molecule has 2 saturated heterocycles. The molecule has 0 aromatic rings. The Hall–Kier alpha value is -0.0800. The Kier molecular flexibility index (Phi) is 2.14. The Morgan fingerprint density at radius 2 is 2.27 bits per heavy atom. The van der Waals surface area contributed by atoms with E-state index in [1.54, 1.807) is 0 Å². The molecule has 0 aromatic heterocycles. The molecule has 0 spiro atoms. The first-order valence-corrected chi connectivity index (χ1v) is 4.75. The van der Waals surface area contributed by atoms with Crippen LogP contribution < -0.4 is 0 Å². The molecule has 0 unspecified atom stereocenters. The largest absolute Gasteiger partial charge is 0.396 e. The van der Waals surface area contributed by atoms with Crippen LogP contribution in [0.2, 0.25) is 0 Å². The average molecular weight is 155 g/mol. The van der Waals surface area contributed by atoms with Gasteiger partial charge in [-0.25, -0.2) is 0 Å². The fraction of sp³-hybridized carbons (Fsp3) is 1.00. The Balaban J connectivity index is 1.92. The Bertz CT molecular complexity index is 124. The highest BCUT2D eigenvalue weighted by molar-refractivity contribution is 4.87. The van der Waals surface area contributed by atoms with Crippen LogP contribution in [0.15, 0.2) is 0 Å². The van der Waals surface area contributed by atoms with Gasteiger partial charge in [0.05, 0.1) is 0 Å². The first-order valence-electron chi connectivity index (χ1n) is 4.75. The van der Waals surface area contributed by atoms with Crippen LogP contribution in [0.1, 0.15) is 25.7 Å². The van der Waals surface area contributed by atoms with Crippen LogP contribution in [-0.2, 0) is 0 Å². The molecule has 2 nitrogen and oxygen atoms in total. The molecule has 2 aliphatic rings. The van der Waals surface area contributed by atoms with Gasteiger partial charge in [0.25, 0.3) is 0 Å². The average Bonchev–Trinajstić information content (AvgIpc) is 2.46. The van der Waals surface area contributed by atoms with E-state index >= 15 is 0 Å². The van der Waals surface area contributed by atoms with Crippen LogP contribution in [0, 0.1) is 5.92 Å². The van der Waals surface area contributed by atoms with E-state index < -0.39 is 0 Å². The van der Waals surface area contributed by atoms with Crippen molar-refractivity contribution < 1.29 is 5.11 Å². The number of fused-ring (bicyclic) bond motifs is 1. The van der Waals surface area contributed by atoms with Crippen molar-refractivity contribution in [3.63, 3.8) is 0 Å². The summed E-state index contributed by atoms with van der Waals surface area (Å²) >= 11 is 0. The molecule has 2 atom stereocenters. The molecule has 2 heterocycles. The minimum Gasteiger partial charge on any atom is -0.396 e. The molecular weight excluding hydrogens is 138 g/mol. The summed E-state index contributed by atoms with van der Waals surface area (Å²) in [7, 11) is 0. The number of hydrogen-bond donors (Lipinski definition) is 1. The lowest BCUT2D eigenvalue weighted by atomic mass is 10.0. The molecule has 2 fully saturated rings. The molecule has 0 radical (unpaired) electrons. The van der Waals surface area contributed by atoms with Crippen molar-refractivity contribution in [2.45, 2.75) is 31.7 Å². The second-order valence-electron chi connectivity index (χ2n) is 3.93. The Morgan fingerprint density at radius 3 is 3.00 bits per heavy atom. The number of hydrogen-bond acceptors (Lipinski definition) is 2. The van der Waals surface area contributed by atoms with E-state index in [0.717, 1.165) is 12.6 Å². The van der Waals surface area contributed by atoms with Crippen molar-refractivity contribution in [2.75, 3.05) is 19.7 Å². The first kappa shape index (κ1) is 7.56. The zero-order valence-electron chi connectivity index (χ0n) is 7.00. The van der Waals surface area contributed by atoms with Gasteiger partial charge in [0.2, 0.25) is 0 Å². The zero-order valence-corrected chi connectivity index (χ0v) is 7.00. The summed E-state index contributed by atoms with van der Waals surface area (Å²) in [5, 5.41) is 8.99. The van der Waals surface area contributed by atoms with E-state index in [1.165, 1.54) is 32.2 Å². The third-order valence-corrected chi connectivity index (χ3v) is 3.11. The summed E-state index contributed by atoms with van der Waals surface area (Å²) in [5.41, 5.74) is 0. The number of rotatable bonds is 1. The molecule has 0 aromatic carbocycles. The van der Waals surface area contributed by atoms with E-state index in [1.807, 2.05) is 0 Å². The van der Waals surface area contributed by atoms with Crippen LogP contribution in [0.4, 0.5) is 0 Å². The highest BCUT2D eigenvalue weighted by Crippen LogP contribution is 2.29. The van der Waals surface area contributed by atoms with Gasteiger partial charge in [-0.15, -0.1) is 0 Å². The van der Waals surface area contributed by atoms with Crippen molar-refractivity contribution in [3.8, 4) is 0 Å². The quantitative estimate of drug-likeness (QED) is 0.607. The van der Waals surface area contributed by atoms with Gasteiger partial charge >= 0.3 is 0 Å². The van der Waals surface area contributed by atoms with Gasteiger partial charge in [-0.3, -0.25) is 0 Å². The van der Waals surface area contributed by atoms with E-state index in [4.69, 9.17) is 5.11 Å². The minimum absolute atomic E-state index is 0.396. The van der Waals surface area contributed by atoms with Gasteiger partial charge in [-0.05, 0) is 31.7 Å². The summed E-state index contributed by atoms with van der Waals surface area (Å²) in [5.74, 6) is 0.582. The summed E-state index contributed by atoms with van der Waals surface area (Å²) < 4.78 is 0. The molecule has 64 valence electrons. The van der Waals surface area contributed by atoms with Gasteiger partial charge in [0.1, 0.15) is 0 Å². The molecule has 0 amide bonds. The molecular formula is C9H17NO. The fourth-order valence-corrected chi connectivity index (χ4v) is 2.49. The zero-order chi connectivity index (χ0) is 7.68. The summed E-state index contributed by atoms with van der Waals surface area (Å²) in [6.07, 6.45) is 5.39. The van der Waals surface area contributed by atoms with E-state index in [-0.39, 0.29) is 0 Å². The van der Waals surface area contributed by atoms with Gasteiger partial charge in [-0.1, -0.05) is 6.42 Å². The van der Waals surface area contributed by atoms with E-state index in [9.17, 15) is 0 Å². The maximum Gasteiger partial charge on any atom is 0.0472 e. The van der Waals surface area contributed by atoms with Crippen LogP contribution in [-0.4, -0.2) is 35.7 Å². The highest BCUT2D eigenvalue weighted by atomic mass is 16.3.